The highest BCUT2D eigenvalue weighted by Gasteiger charge is 2.48. The van der Waals surface area contributed by atoms with Crippen molar-refractivity contribution in [1.29, 1.82) is 0 Å². The van der Waals surface area contributed by atoms with Gasteiger partial charge in [-0.3, -0.25) is 14.4 Å². The maximum atomic E-state index is 14.6. The minimum absolute atomic E-state index is 0.103. The maximum Gasteiger partial charge on any atom is 0.251 e. The molecule has 4 aliphatic carbocycles. The summed E-state index contributed by atoms with van der Waals surface area (Å²) in [5.41, 5.74) is 5.59. The van der Waals surface area contributed by atoms with Crippen molar-refractivity contribution in [2.75, 3.05) is 10.2 Å². The van der Waals surface area contributed by atoms with Crippen molar-refractivity contribution < 1.29 is 19.5 Å². The van der Waals surface area contributed by atoms with E-state index in [-0.39, 0.29) is 46.6 Å². The number of Topliss-reactive ketones (excluding diaryl/α,β-unsaturated/α-hetero) is 1. The Hall–Kier alpha value is -3.94. The average Bonchev–Trinajstić information content (AvgIpc) is 3.56. The predicted molar refractivity (Wildman–Crippen MR) is 210 cm³/mol. The lowest BCUT2D eigenvalue weighted by molar-refractivity contribution is -0.125. The lowest BCUT2D eigenvalue weighted by Crippen LogP contribution is -2.40. The van der Waals surface area contributed by atoms with Gasteiger partial charge in [0.2, 0.25) is 11.7 Å². The van der Waals surface area contributed by atoms with Gasteiger partial charge >= 0.3 is 0 Å². The molecule has 2 aliphatic heterocycles. The first-order valence-electron chi connectivity index (χ1n) is 19.8. The van der Waals surface area contributed by atoms with E-state index in [1.807, 2.05) is 59.8 Å². The van der Waals surface area contributed by atoms with E-state index in [4.69, 9.17) is 0 Å². The highest BCUT2D eigenvalue weighted by molar-refractivity contribution is 6.42. The molecule has 52 heavy (non-hydrogen) atoms. The number of anilines is 2. The highest BCUT2D eigenvalue weighted by Crippen LogP contribution is 2.54. The molecule has 0 spiro atoms. The van der Waals surface area contributed by atoms with Crippen molar-refractivity contribution in [2.45, 2.75) is 151 Å². The number of carbonyl (C=O) groups is 3. The van der Waals surface area contributed by atoms with Gasteiger partial charge in [-0.05, 0) is 88.8 Å². The third-order valence-corrected chi connectivity index (χ3v) is 12.2. The molecule has 2 heterocycles. The number of amides is 2. The van der Waals surface area contributed by atoms with E-state index in [2.05, 4.69) is 53.9 Å². The molecule has 2 amide bonds. The molecule has 7 rings (SSSR count). The molecule has 3 fully saturated rings. The van der Waals surface area contributed by atoms with Gasteiger partial charge in [0.05, 0.1) is 22.5 Å². The summed E-state index contributed by atoms with van der Waals surface area (Å²) in [4.78, 5) is 51.2. The molecule has 8 heteroatoms. The number of carbonyl (C=O) groups excluding carboxylic acids is 3. The number of likely N-dealkylation sites (tertiary alicyclic amines) is 1. The molecule has 6 aliphatic rings. The molecule has 2 N–H and O–H groups in total. The summed E-state index contributed by atoms with van der Waals surface area (Å²) in [6.07, 6.45) is 13.1. The maximum absolute atomic E-state index is 14.6. The number of benzene rings is 1. The van der Waals surface area contributed by atoms with Crippen molar-refractivity contribution in [3.05, 3.63) is 63.6 Å². The van der Waals surface area contributed by atoms with E-state index < -0.39 is 10.8 Å². The number of ketones is 1. The molecular weight excluding hydrogens is 649 g/mol. The summed E-state index contributed by atoms with van der Waals surface area (Å²) in [6, 6.07) is 5.38. The van der Waals surface area contributed by atoms with Gasteiger partial charge in [0.15, 0.2) is 0 Å². The summed E-state index contributed by atoms with van der Waals surface area (Å²) in [6.45, 7) is 20.0. The van der Waals surface area contributed by atoms with Gasteiger partial charge in [-0.2, -0.15) is 0 Å². The zero-order chi connectivity index (χ0) is 37.6. The fourth-order valence-electron chi connectivity index (χ4n) is 9.63. The van der Waals surface area contributed by atoms with Crippen LogP contribution in [0.25, 0.3) is 5.57 Å². The number of allylic oxidation sites excluding steroid dienone is 6. The van der Waals surface area contributed by atoms with Crippen LogP contribution in [0.2, 0.25) is 0 Å². The number of aliphatic imine (C=N–C) groups is 1. The Bertz CT molecular complexity index is 1890. The van der Waals surface area contributed by atoms with Crippen molar-refractivity contribution in [2.24, 2.45) is 21.7 Å². The summed E-state index contributed by atoms with van der Waals surface area (Å²) in [5, 5.41) is 15.2. The Morgan fingerprint density at radius 2 is 1.40 bits per heavy atom. The first-order valence-corrected chi connectivity index (χ1v) is 19.8. The van der Waals surface area contributed by atoms with Crippen LogP contribution in [0.5, 0.6) is 0 Å². The van der Waals surface area contributed by atoms with Gasteiger partial charge in [0, 0.05) is 69.4 Å². The number of aliphatic hydroxyl groups excluding tert-OH is 1. The van der Waals surface area contributed by atoms with Crippen LogP contribution in [-0.2, 0) is 14.4 Å². The summed E-state index contributed by atoms with van der Waals surface area (Å²) >= 11 is 0. The molecule has 4 unspecified atom stereocenters. The quantitative estimate of drug-likeness (QED) is 0.303. The molecule has 0 radical (unpaired) electrons. The molecular formula is C44H58N4O4. The zero-order valence-corrected chi connectivity index (χ0v) is 32.9. The second kappa shape index (κ2) is 12.9. The van der Waals surface area contributed by atoms with Gasteiger partial charge in [-0.1, -0.05) is 67.2 Å². The van der Waals surface area contributed by atoms with E-state index in [0.29, 0.717) is 46.5 Å². The Morgan fingerprint density at radius 1 is 0.808 bits per heavy atom. The third-order valence-electron chi connectivity index (χ3n) is 12.2. The van der Waals surface area contributed by atoms with E-state index in [1.54, 1.807) is 0 Å². The summed E-state index contributed by atoms with van der Waals surface area (Å²) < 4.78 is 0. The normalized spacial score (nSPS) is 28.1. The van der Waals surface area contributed by atoms with Gasteiger partial charge in [-0.25, -0.2) is 4.99 Å². The molecule has 1 saturated heterocycles. The van der Waals surface area contributed by atoms with Crippen molar-refractivity contribution in [3.63, 3.8) is 0 Å². The first-order chi connectivity index (χ1) is 24.4. The van der Waals surface area contributed by atoms with Gasteiger partial charge in [0.25, 0.3) is 5.91 Å². The minimum atomic E-state index is -0.717. The third kappa shape index (κ3) is 5.89. The highest BCUT2D eigenvalue weighted by atomic mass is 16.3. The van der Waals surface area contributed by atoms with Crippen LogP contribution < -0.4 is 10.2 Å². The number of nitrogens with zero attached hydrogens (tertiary/aromatic N) is 3. The number of fused-ring (bicyclic) bond motifs is 6. The van der Waals surface area contributed by atoms with E-state index in [0.717, 1.165) is 49.9 Å². The van der Waals surface area contributed by atoms with Crippen LogP contribution in [0.1, 0.15) is 138 Å². The SMILES string of the molecule is CC(C)N1C2=CC(=NC(=O)C(C)(C)C)/C(=C3\C(=O)C(c4cc5c(cc4NC(=O)C(C)(C)C)N(C(C)C)C4CCCCC54)=C3O)C=C2C2CCCCC21. The topological polar surface area (TPSA) is 102 Å². The number of hydrogen-bond acceptors (Lipinski definition) is 6. The van der Waals surface area contributed by atoms with Gasteiger partial charge in [-0.15, -0.1) is 0 Å². The lowest BCUT2D eigenvalue weighted by atomic mass is 9.75. The van der Waals surface area contributed by atoms with Crippen molar-refractivity contribution in [1.82, 2.24) is 4.90 Å². The summed E-state index contributed by atoms with van der Waals surface area (Å²) in [7, 11) is 0. The lowest BCUT2D eigenvalue weighted by Gasteiger charge is -2.36. The molecule has 1 aromatic carbocycles. The Balaban J connectivity index is 1.41. The largest absolute Gasteiger partial charge is 0.506 e. The molecule has 8 nitrogen and oxygen atoms in total. The second-order valence-electron chi connectivity index (χ2n) is 18.6. The van der Waals surface area contributed by atoms with Gasteiger partial charge in [0.1, 0.15) is 5.76 Å². The van der Waals surface area contributed by atoms with Crippen molar-refractivity contribution >= 4 is 40.3 Å². The predicted octanol–water partition coefficient (Wildman–Crippen LogP) is 9.19. The fraction of sp³-hybridized carbons (Fsp3) is 0.591. The molecule has 2 saturated carbocycles. The number of aliphatic hydroxyl groups is 1. The van der Waals surface area contributed by atoms with Crippen LogP contribution in [0.3, 0.4) is 0 Å². The Morgan fingerprint density at radius 3 is 1.98 bits per heavy atom. The Kier molecular flexibility index (Phi) is 9.02. The van der Waals surface area contributed by atoms with Crippen LogP contribution in [0, 0.1) is 16.7 Å². The van der Waals surface area contributed by atoms with E-state index >= 15 is 0 Å². The zero-order valence-electron chi connectivity index (χ0n) is 32.9. The fourth-order valence-corrected chi connectivity index (χ4v) is 9.63. The minimum Gasteiger partial charge on any atom is -0.506 e. The van der Waals surface area contributed by atoms with Crippen molar-refractivity contribution in [3.8, 4) is 0 Å². The van der Waals surface area contributed by atoms with Crippen LogP contribution in [-0.4, -0.2) is 57.5 Å². The monoisotopic (exact) mass is 706 g/mol. The number of nitrogens with one attached hydrogen (secondary N) is 1. The average molecular weight is 707 g/mol. The summed E-state index contributed by atoms with van der Waals surface area (Å²) in [5.74, 6) is -0.180. The molecule has 4 atom stereocenters. The molecule has 278 valence electrons. The van der Waals surface area contributed by atoms with Crippen LogP contribution >= 0.6 is 0 Å². The number of rotatable bonds is 4. The second-order valence-corrected chi connectivity index (χ2v) is 18.6. The standard InChI is InChI=1S/C44H58N4O4/c1-23(2)47-33-17-13-11-15-25(33)27-19-29(31(21-35(27)47)45-41(51)43(5,6)7)37-39(49)38(40(37)50)30-20-28-26-16-12-14-18-34(26)48(24(3)4)36(28)22-32(30)46-42(52)44(8,9)10/h19-26,33-34,49H,11-18H2,1-10H3,(H,45,51)/b38-30-,46-32?. The van der Waals surface area contributed by atoms with Crippen LogP contribution in [0.4, 0.5) is 11.4 Å². The molecule has 0 bridgehead atoms. The Labute approximate surface area is 310 Å². The van der Waals surface area contributed by atoms with Crippen LogP contribution in [0.15, 0.2) is 57.5 Å². The molecule has 0 aromatic heterocycles. The van der Waals surface area contributed by atoms with E-state index in [1.165, 1.54) is 24.0 Å². The first kappa shape index (κ1) is 36.4. The van der Waals surface area contributed by atoms with Gasteiger partial charge < -0.3 is 20.2 Å². The smallest absolute Gasteiger partial charge is 0.251 e. The van der Waals surface area contributed by atoms with E-state index in [9.17, 15) is 19.5 Å². The molecule has 1 aromatic rings. The number of hydrogen-bond donors (Lipinski definition) is 2.